The summed E-state index contributed by atoms with van der Waals surface area (Å²) in [7, 11) is 3.32. The van der Waals surface area contributed by atoms with Crippen molar-refractivity contribution in [1.82, 2.24) is 0 Å². The van der Waals surface area contributed by atoms with Crippen LogP contribution in [0.1, 0.15) is 102 Å². The highest BCUT2D eigenvalue weighted by molar-refractivity contribution is 5.71. The predicted octanol–water partition coefficient (Wildman–Crippen LogP) is 5.72. The van der Waals surface area contributed by atoms with Crippen LogP contribution >= 0.6 is 0 Å². The van der Waals surface area contributed by atoms with Gasteiger partial charge in [-0.15, -0.1) is 0 Å². The van der Waals surface area contributed by atoms with E-state index in [0.29, 0.717) is 6.42 Å². The first-order valence-corrected chi connectivity index (χ1v) is 12.3. The summed E-state index contributed by atoms with van der Waals surface area (Å²) in [5, 5.41) is 0. The Morgan fingerprint density at radius 2 is 1.12 bits per heavy atom. The second kappa shape index (κ2) is 11.7. The van der Waals surface area contributed by atoms with Crippen LogP contribution in [0.15, 0.2) is 0 Å². The van der Waals surface area contributed by atoms with Crippen LogP contribution in [0.3, 0.4) is 0 Å². The molecule has 1 atom stereocenters. The van der Waals surface area contributed by atoms with Gasteiger partial charge in [0.1, 0.15) is 17.8 Å². The number of esters is 2. The topological polar surface area (TPSA) is 80.3 Å². The lowest BCUT2D eigenvalue weighted by Gasteiger charge is -2.51. The smallest absolute Gasteiger partial charge is 0.332 e. The third-order valence-corrected chi connectivity index (χ3v) is 9.02. The summed E-state index contributed by atoms with van der Waals surface area (Å²) in [6.45, 7) is 23.8. The largest absolute Gasteiger partial charge is 0.459 e. The van der Waals surface area contributed by atoms with Crippen molar-refractivity contribution >= 4 is 11.9 Å². The van der Waals surface area contributed by atoms with E-state index in [2.05, 4.69) is 13.8 Å². The average Bonchev–Trinajstić information content (AvgIpc) is 2.71. The number of rotatable bonds is 15. The molecule has 0 aliphatic rings. The third-order valence-electron chi connectivity index (χ3n) is 9.02. The van der Waals surface area contributed by atoms with Crippen LogP contribution in [0, 0.1) is 10.8 Å². The molecular formula is C27H52O7. The lowest BCUT2D eigenvalue weighted by atomic mass is 9.63. The molecule has 0 bridgehead atoms. The van der Waals surface area contributed by atoms with Crippen molar-refractivity contribution in [3.63, 3.8) is 0 Å². The van der Waals surface area contributed by atoms with Crippen molar-refractivity contribution in [1.29, 1.82) is 0 Å². The molecule has 0 spiro atoms. The van der Waals surface area contributed by atoms with Crippen LogP contribution < -0.4 is 0 Å². The highest BCUT2D eigenvalue weighted by Gasteiger charge is 2.53. The molecule has 0 aliphatic heterocycles. The molecule has 0 fully saturated rings. The molecule has 1 unspecified atom stereocenters. The first-order valence-electron chi connectivity index (χ1n) is 12.3. The Kier molecular flexibility index (Phi) is 11.3. The normalized spacial score (nSPS) is 15.6. The monoisotopic (exact) mass is 488 g/mol. The number of hydrogen-bond acceptors (Lipinski definition) is 7. The highest BCUT2D eigenvalue weighted by atomic mass is 16.6. The molecule has 0 N–H and O–H groups in total. The van der Waals surface area contributed by atoms with Gasteiger partial charge in [0.05, 0.1) is 11.2 Å². The van der Waals surface area contributed by atoms with E-state index >= 15 is 0 Å². The van der Waals surface area contributed by atoms with E-state index in [1.165, 1.54) is 0 Å². The Bertz CT molecular complexity index is 676. The molecule has 7 heteroatoms. The zero-order valence-corrected chi connectivity index (χ0v) is 24.4. The molecule has 0 saturated carbocycles. The molecule has 0 aromatic rings. The molecule has 0 aromatic carbocycles. The van der Waals surface area contributed by atoms with E-state index in [9.17, 15) is 9.59 Å². The molecule has 0 amide bonds. The van der Waals surface area contributed by atoms with E-state index < -0.39 is 39.2 Å². The van der Waals surface area contributed by atoms with Crippen LogP contribution in [0.5, 0.6) is 0 Å². The van der Waals surface area contributed by atoms with Crippen molar-refractivity contribution < 1.29 is 33.3 Å². The Balaban J connectivity index is 4.70. The molecule has 0 rings (SSSR count). The van der Waals surface area contributed by atoms with E-state index in [4.69, 9.17) is 23.7 Å². The summed E-state index contributed by atoms with van der Waals surface area (Å²) >= 11 is 0. The third kappa shape index (κ3) is 7.17. The first-order chi connectivity index (χ1) is 15.2. The van der Waals surface area contributed by atoms with Crippen LogP contribution in [0.4, 0.5) is 0 Å². The molecule has 0 aromatic heterocycles. The van der Waals surface area contributed by atoms with Crippen LogP contribution in [-0.4, -0.2) is 61.8 Å². The summed E-state index contributed by atoms with van der Waals surface area (Å²) < 4.78 is 28.4. The number of ether oxygens (including phenoxy) is 5. The Morgan fingerprint density at radius 3 is 1.56 bits per heavy atom. The fourth-order valence-corrected chi connectivity index (χ4v) is 4.15. The van der Waals surface area contributed by atoms with E-state index in [1.54, 1.807) is 14.2 Å². The summed E-state index contributed by atoms with van der Waals surface area (Å²) in [6, 6.07) is 0. The van der Waals surface area contributed by atoms with Crippen LogP contribution in [0.25, 0.3) is 0 Å². The van der Waals surface area contributed by atoms with Gasteiger partial charge in [-0.3, -0.25) is 4.79 Å². The molecule has 0 saturated heterocycles. The maximum atomic E-state index is 12.5. The zero-order valence-electron chi connectivity index (χ0n) is 24.4. The van der Waals surface area contributed by atoms with Gasteiger partial charge in [-0.05, 0) is 68.2 Å². The average molecular weight is 489 g/mol. The second-order valence-corrected chi connectivity index (χ2v) is 11.9. The van der Waals surface area contributed by atoms with Crippen molar-refractivity contribution in [3.8, 4) is 0 Å². The van der Waals surface area contributed by atoms with Gasteiger partial charge in [0.2, 0.25) is 0 Å². The number of methoxy groups -OCH3 is 2. The molecule has 0 radical (unpaired) electrons. The summed E-state index contributed by atoms with van der Waals surface area (Å²) in [4.78, 5) is 24.9. The van der Waals surface area contributed by atoms with E-state index in [1.807, 2.05) is 69.2 Å². The number of carbonyl (C=O) groups is 2. The lowest BCUT2D eigenvalue weighted by Crippen LogP contribution is -2.57. The van der Waals surface area contributed by atoms with Gasteiger partial charge in [0.15, 0.2) is 0 Å². The SMILES string of the molecule is CCC(C)(C(C)(C)OC)C(C)(C)OC(=O)COCCCC(=O)OC(C)(C)C(C)(C)C(C)(C)OC. The van der Waals surface area contributed by atoms with E-state index in [0.717, 1.165) is 6.42 Å². The van der Waals surface area contributed by atoms with Gasteiger partial charge >= 0.3 is 11.9 Å². The maximum Gasteiger partial charge on any atom is 0.332 e. The number of carbonyl (C=O) groups excluding carboxylic acids is 2. The van der Waals surface area contributed by atoms with Gasteiger partial charge in [0.25, 0.3) is 0 Å². The van der Waals surface area contributed by atoms with E-state index in [-0.39, 0.29) is 25.6 Å². The molecule has 0 heterocycles. The standard InChI is InChI=1S/C27H52O7/c1-15-27(12,25(8,9)31-14)26(10,11)34-21(29)19-32-18-16-17-20(28)33-24(6,7)22(2,3)23(4,5)30-13/h15-19H2,1-14H3. The maximum absolute atomic E-state index is 12.5. The summed E-state index contributed by atoms with van der Waals surface area (Å²) in [5.41, 5.74) is -3.32. The second-order valence-electron chi connectivity index (χ2n) is 11.9. The fourth-order valence-electron chi connectivity index (χ4n) is 4.15. The minimum atomic E-state index is -0.764. The minimum Gasteiger partial charge on any atom is -0.459 e. The van der Waals surface area contributed by atoms with Gasteiger partial charge in [-0.2, -0.15) is 0 Å². The van der Waals surface area contributed by atoms with Gasteiger partial charge < -0.3 is 23.7 Å². The van der Waals surface area contributed by atoms with Crippen molar-refractivity contribution in [2.45, 2.75) is 125 Å². The molecule has 0 aliphatic carbocycles. The van der Waals surface area contributed by atoms with Crippen molar-refractivity contribution in [2.75, 3.05) is 27.4 Å². The highest BCUT2D eigenvalue weighted by Crippen LogP contribution is 2.48. The zero-order chi connectivity index (χ0) is 27.2. The van der Waals surface area contributed by atoms with Crippen LogP contribution in [0.2, 0.25) is 0 Å². The Morgan fingerprint density at radius 1 is 0.647 bits per heavy atom. The predicted molar refractivity (Wildman–Crippen MR) is 135 cm³/mol. The summed E-state index contributed by atoms with van der Waals surface area (Å²) in [5.74, 6) is -0.748. The fraction of sp³-hybridized carbons (Fsp3) is 0.926. The Labute approximate surface area is 208 Å². The van der Waals surface area contributed by atoms with Gasteiger partial charge in [0, 0.05) is 38.1 Å². The number of hydrogen-bond donors (Lipinski definition) is 0. The van der Waals surface area contributed by atoms with Crippen LogP contribution in [-0.2, 0) is 33.3 Å². The van der Waals surface area contributed by atoms with Gasteiger partial charge in [-0.1, -0.05) is 27.7 Å². The first kappa shape index (κ1) is 32.8. The van der Waals surface area contributed by atoms with Gasteiger partial charge in [-0.25, -0.2) is 4.79 Å². The Hall–Kier alpha value is -1.18. The molecular weight excluding hydrogens is 436 g/mol. The quantitative estimate of drug-likeness (QED) is 0.215. The minimum absolute atomic E-state index is 0.174. The summed E-state index contributed by atoms with van der Waals surface area (Å²) in [6.07, 6.45) is 1.41. The lowest BCUT2D eigenvalue weighted by molar-refractivity contribution is -0.206. The molecule has 34 heavy (non-hydrogen) atoms. The van der Waals surface area contributed by atoms with Crippen molar-refractivity contribution in [3.05, 3.63) is 0 Å². The van der Waals surface area contributed by atoms with Crippen molar-refractivity contribution in [2.24, 2.45) is 10.8 Å². The molecule has 202 valence electrons. The molecule has 7 nitrogen and oxygen atoms in total.